The molecule has 15 heavy (non-hydrogen) atoms. The summed E-state index contributed by atoms with van der Waals surface area (Å²) in [6.45, 7) is 2.05. The van der Waals surface area contributed by atoms with Crippen molar-refractivity contribution in [1.29, 1.82) is 0 Å². The summed E-state index contributed by atoms with van der Waals surface area (Å²) in [6.07, 6.45) is 0. The average molecular weight is 208 g/mol. The van der Waals surface area contributed by atoms with Crippen molar-refractivity contribution in [1.82, 2.24) is 0 Å². The Labute approximate surface area is 114 Å². The molecule has 0 aliphatic rings. The van der Waals surface area contributed by atoms with Gasteiger partial charge in [0.05, 0.1) is 0 Å². The number of hydrogen-bond donors (Lipinski definition) is 0. The smallest absolute Gasteiger partial charge is 1.00 e. The van der Waals surface area contributed by atoms with E-state index in [0.717, 1.165) is 11.5 Å². The molecule has 0 heterocycles. The molecule has 0 aromatic heterocycles. The van der Waals surface area contributed by atoms with Gasteiger partial charge in [-0.25, -0.2) is 0 Å². The predicted octanol–water partition coefficient (Wildman–Crippen LogP) is 0.904. The molecule has 2 aromatic rings. The number of aryl methyl sites for hydroxylation is 1. The van der Waals surface area contributed by atoms with Gasteiger partial charge in [0.1, 0.15) is 11.5 Å². The second kappa shape index (κ2) is 5.96. The Balaban J connectivity index is 0.00000112. The van der Waals surface area contributed by atoms with E-state index in [2.05, 4.69) is 13.0 Å². The summed E-state index contributed by atoms with van der Waals surface area (Å²) >= 11 is 0. The second-order valence-electron chi connectivity index (χ2n) is 3.23. The molecule has 0 saturated heterocycles. The third kappa shape index (κ3) is 3.71. The first-order valence-corrected chi connectivity index (χ1v) is 4.64. The minimum atomic E-state index is 0. The van der Waals surface area contributed by atoms with Crippen LogP contribution in [0.1, 0.15) is 6.99 Å². The number of para-hydroxylation sites is 1. The van der Waals surface area contributed by atoms with Crippen LogP contribution in [0.2, 0.25) is 0 Å². The summed E-state index contributed by atoms with van der Waals surface area (Å²) in [4.78, 5) is 0. The van der Waals surface area contributed by atoms with E-state index in [0.29, 0.717) is 0 Å². The largest absolute Gasteiger partial charge is 1.00 e. The molecule has 0 unspecified atom stereocenters. The fraction of sp³-hybridized carbons (Fsp3) is 0.0769. The van der Waals surface area contributed by atoms with Crippen LogP contribution in [0, 0.1) is 6.92 Å². The standard InChI is InChI=1S/C13H12O.Na.H/c1-11-6-5-9-13(10-11)14-12-7-3-2-4-8-12;;/h2-10H,1H3;;/q;+1;-1. The van der Waals surface area contributed by atoms with Crippen molar-refractivity contribution in [2.75, 3.05) is 0 Å². The van der Waals surface area contributed by atoms with Crippen molar-refractivity contribution in [2.24, 2.45) is 0 Å². The van der Waals surface area contributed by atoms with E-state index in [1.165, 1.54) is 5.56 Å². The van der Waals surface area contributed by atoms with Crippen LogP contribution in [0.4, 0.5) is 0 Å². The van der Waals surface area contributed by atoms with Crippen LogP contribution in [-0.2, 0) is 0 Å². The first-order valence-electron chi connectivity index (χ1n) is 4.64. The predicted molar refractivity (Wildman–Crippen MR) is 58.8 cm³/mol. The molecule has 0 bridgehead atoms. The monoisotopic (exact) mass is 208 g/mol. The zero-order valence-corrected chi connectivity index (χ0v) is 11.1. The van der Waals surface area contributed by atoms with Gasteiger partial charge in [-0.2, -0.15) is 0 Å². The van der Waals surface area contributed by atoms with E-state index in [1.807, 2.05) is 48.5 Å². The molecule has 0 aliphatic carbocycles. The molecule has 0 N–H and O–H groups in total. The van der Waals surface area contributed by atoms with Crippen molar-refractivity contribution >= 4 is 0 Å². The maximum absolute atomic E-state index is 5.66. The van der Waals surface area contributed by atoms with E-state index in [-0.39, 0.29) is 31.0 Å². The third-order valence-electron chi connectivity index (χ3n) is 1.97. The number of rotatable bonds is 2. The molecule has 0 aliphatic heterocycles. The molecule has 0 fully saturated rings. The molecule has 0 saturated carbocycles. The number of hydrogen-bond acceptors (Lipinski definition) is 1. The zero-order valence-electron chi connectivity index (χ0n) is 10.1. The summed E-state index contributed by atoms with van der Waals surface area (Å²) in [6, 6.07) is 17.8. The average Bonchev–Trinajstić information content (AvgIpc) is 2.19. The first-order chi connectivity index (χ1) is 6.84. The van der Waals surface area contributed by atoms with Gasteiger partial charge in [0.2, 0.25) is 0 Å². The van der Waals surface area contributed by atoms with Gasteiger partial charge in [-0.1, -0.05) is 30.3 Å². The van der Waals surface area contributed by atoms with Crippen LogP contribution in [0.25, 0.3) is 0 Å². The van der Waals surface area contributed by atoms with Crippen molar-refractivity contribution in [3.05, 3.63) is 60.2 Å². The SMILES string of the molecule is Cc1cccc(Oc2ccccc2)c1.[H-].[Na+]. The van der Waals surface area contributed by atoms with Crippen LogP contribution < -0.4 is 34.3 Å². The van der Waals surface area contributed by atoms with Gasteiger partial charge in [0.25, 0.3) is 0 Å². The van der Waals surface area contributed by atoms with Crippen molar-refractivity contribution in [3.63, 3.8) is 0 Å². The van der Waals surface area contributed by atoms with Gasteiger partial charge < -0.3 is 6.16 Å². The van der Waals surface area contributed by atoms with E-state index in [1.54, 1.807) is 0 Å². The Morgan fingerprint density at radius 2 is 1.53 bits per heavy atom. The van der Waals surface area contributed by atoms with Crippen LogP contribution in [0.15, 0.2) is 54.6 Å². The molecule has 2 aromatic carbocycles. The molecule has 1 nitrogen and oxygen atoms in total. The van der Waals surface area contributed by atoms with Gasteiger partial charge in [-0.3, -0.25) is 0 Å². The van der Waals surface area contributed by atoms with E-state index >= 15 is 0 Å². The fourth-order valence-corrected chi connectivity index (χ4v) is 1.30. The Morgan fingerprint density at radius 1 is 0.867 bits per heavy atom. The summed E-state index contributed by atoms with van der Waals surface area (Å²) in [5.74, 6) is 1.76. The summed E-state index contributed by atoms with van der Waals surface area (Å²) in [5, 5.41) is 0. The Hall–Kier alpha value is -0.760. The first kappa shape index (κ1) is 12.3. The molecule has 2 heteroatoms. The van der Waals surface area contributed by atoms with Crippen LogP contribution in [0.5, 0.6) is 11.5 Å². The minimum absolute atomic E-state index is 0. The van der Waals surface area contributed by atoms with Crippen LogP contribution >= 0.6 is 0 Å². The Morgan fingerprint density at radius 3 is 2.20 bits per heavy atom. The van der Waals surface area contributed by atoms with Gasteiger partial charge in [0, 0.05) is 0 Å². The normalized spacial score (nSPS) is 9.13. The molecular formula is C13H13NaO. The fourth-order valence-electron chi connectivity index (χ4n) is 1.30. The zero-order chi connectivity index (χ0) is 9.80. The molecule has 0 spiro atoms. The maximum Gasteiger partial charge on any atom is 1.00 e. The minimum Gasteiger partial charge on any atom is -1.00 e. The van der Waals surface area contributed by atoms with Gasteiger partial charge in [0.15, 0.2) is 0 Å². The topological polar surface area (TPSA) is 9.23 Å². The number of benzene rings is 2. The quantitative estimate of drug-likeness (QED) is 0.666. The molecule has 0 amide bonds. The second-order valence-corrected chi connectivity index (χ2v) is 3.23. The van der Waals surface area contributed by atoms with Gasteiger partial charge >= 0.3 is 29.6 Å². The molecule has 2 rings (SSSR count). The van der Waals surface area contributed by atoms with Gasteiger partial charge in [-0.05, 0) is 36.8 Å². The molecule has 0 atom stereocenters. The van der Waals surface area contributed by atoms with Crippen molar-refractivity contribution in [2.45, 2.75) is 6.92 Å². The maximum atomic E-state index is 5.66. The Bertz CT molecular complexity index is 417. The van der Waals surface area contributed by atoms with E-state index < -0.39 is 0 Å². The van der Waals surface area contributed by atoms with E-state index in [4.69, 9.17) is 4.74 Å². The Kier molecular flexibility index (Phi) is 4.89. The molecular weight excluding hydrogens is 195 g/mol. The van der Waals surface area contributed by atoms with Crippen LogP contribution in [-0.4, -0.2) is 0 Å². The summed E-state index contributed by atoms with van der Waals surface area (Å²) in [7, 11) is 0. The van der Waals surface area contributed by atoms with Gasteiger partial charge in [-0.15, -0.1) is 0 Å². The molecule has 0 radical (unpaired) electrons. The molecule has 72 valence electrons. The number of ether oxygens (including phenoxy) is 1. The van der Waals surface area contributed by atoms with E-state index in [9.17, 15) is 0 Å². The van der Waals surface area contributed by atoms with Crippen LogP contribution in [0.3, 0.4) is 0 Å². The van der Waals surface area contributed by atoms with Crippen molar-refractivity contribution < 1.29 is 35.7 Å². The van der Waals surface area contributed by atoms with Crippen molar-refractivity contribution in [3.8, 4) is 11.5 Å². The summed E-state index contributed by atoms with van der Waals surface area (Å²) < 4.78 is 5.66. The third-order valence-corrected chi connectivity index (χ3v) is 1.97. The summed E-state index contributed by atoms with van der Waals surface area (Å²) in [5.41, 5.74) is 1.21.